The van der Waals surface area contributed by atoms with Gasteiger partial charge in [-0.2, -0.15) is 9.97 Å². The lowest BCUT2D eigenvalue weighted by atomic mass is 10.1. The summed E-state index contributed by atoms with van der Waals surface area (Å²) in [5.74, 6) is 0. The van der Waals surface area contributed by atoms with Gasteiger partial charge in [-0.15, -0.1) is 0 Å². The third-order valence-corrected chi connectivity index (χ3v) is 2.55. The van der Waals surface area contributed by atoms with E-state index in [4.69, 9.17) is 11.5 Å². The molecule has 0 radical (unpaired) electrons. The number of hydrogen-bond donors (Lipinski definition) is 2. The Bertz CT molecular complexity index is 372. The molecule has 0 aliphatic carbocycles. The highest BCUT2D eigenvalue weighted by Gasteiger charge is 2.14. The summed E-state index contributed by atoms with van der Waals surface area (Å²) in [6.45, 7) is 1.87. The molecule has 1 heterocycles. The van der Waals surface area contributed by atoms with Crippen LogP contribution in [0.3, 0.4) is 0 Å². The maximum absolute atomic E-state index is 10.7. The van der Waals surface area contributed by atoms with Crippen LogP contribution in [-0.2, 0) is 11.0 Å². The van der Waals surface area contributed by atoms with Crippen LogP contribution in [0.1, 0.15) is 19.0 Å². The molecule has 0 spiro atoms. The second-order valence-corrected chi connectivity index (χ2v) is 4.70. The molecule has 1 aromatic rings. The van der Waals surface area contributed by atoms with Crippen LogP contribution in [0.15, 0.2) is 12.3 Å². The van der Waals surface area contributed by atoms with Crippen LogP contribution in [0.2, 0.25) is 0 Å². The fourth-order valence-corrected chi connectivity index (χ4v) is 1.79. The minimum atomic E-state index is -2.74. The van der Waals surface area contributed by atoms with Gasteiger partial charge in [-0.05, 0) is 19.4 Å². The van der Waals surface area contributed by atoms with Crippen molar-refractivity contribution < 1.29 is 9.46 Å². The maximum atomic E-state index is 10.7. The van der Waals surface area contributed by atoms with E-state index >= 15 is 0 Å². The maximum Gasteiger partial charge on any atom is 0.391 e. The van der Waals surface area contributed by atoms with Gasteiger partial charge in [0.1, 0.15) is 0 Å². The van der Waals surface area contributed by atoms with Crippen LogP contribution in [0.4, 0.5) is 0 Å². The first-order valence-corrected chi connectivity index (χ1v) is 6.14. The van der Waals surface area contributed by atoms with Gasteiger partial charge in [0.25, 0.3) is 0 Å². The zero-order valence-corrected chi connectivity index (χ0v) is 9.93. The van der Waals surface area contributed by atoms with E-state index in [9.17, 15) is 9.46 Å². The van der Waals surface area contributed by atoms with Gasteiger partial charge in [0.2, 0.25) is 0 Å². The van der Waals surface area contributed by atoms with Gasteiger partial charge in [-0.25, -0.2) is 0 Å². The van der Waals surface area contributed by atoms with Crippen molar-refractivity contribution in [3.8, 4) is 0 Å². The third-order valence-electron chi connectivity index (χ3n) is 2.01. The Kier molecular flexibility index (Phi) is 4.89. The SMILES string of the molecule is CC(N)CC(N)Cc1ccnc([P+](=O)[O-])n1. The van der Waals surface area contributed by atoms with Crippen molar-refractivity contribution in [1.29, 1.82) is 0 Å². The van der Waals surface area contributed by atoms with E-state index in [1.54, 1.807) is 6.07 Å². The molecule has 0 aliphatic heterocycles. The number of nitrogens with two attached hydrogens (primary N) is 2. The molecule has 1 aromatic heterocycles. The molecular weight excluding hydrogens is 227 g/mol. The first-order chi connectivity index (χ1) is 7.49. The molecule has 88 valence electrons. The molecule has 0 saturated heterocycles. The Hall–Kier alpha value is -0.940. The first-order valence-electron chi connectivity index (χ1n) is 4.96. The third kappa shape index (κ3) is 4.28. The van der Waals surface area contributed by atoms with Crippen LogP contribution in [0.5, 0.6) is 0 Å². The Morgan fingerprint density at radius 3 is 2.81 bits per heavy atom. The van der Waals surface area contributed by atoms with Crippen molar-refractivity contribution in [1.82, 2.24) is 9.97 Å². The number of nitrogens with zero attached hydrogens (tertiary/aromatic N) is 2. The molecule has 0 bridgehead atoms. The van der Waals surface area contributed by atoms with E-state index in [-0.39, 0.29) is 17.6 Å². The van der Waals surface area contributed by atoms with E-state index in [0.29, 0.717) is 18.5 Å². The minimum absolute atomic E-state index is 0.0208. The molecule has 0 fully saturated rings. The van der Waals surface area contributed by atoms with Crippen LogP contribution in [0, 0.1) is 0 Å². The van der Waals surface area contributed by atoms with E-state index in [1.807, 2.05) is 6.92 Å². The Balaban J connectivity index is 2.66. The van der Waals surface area contributed by atoms with Gasteiger partial charge in [-0.3, -0.25) is 0 Å². The van der Waals surface area contributed by atoms with Crippen molar-refractivity contribution in [2.45, 2.75) is 31.8 Å². The molecule has 6 nitrogen and oxygen atoms in total. The lowest BCUT2D eigenvalue weighted by molar-refractivity contribution is -0.161. The van der Waals surface area contributed by atoms with Crippen molar-refractivity contribution in [2.24, 2.45) is 11.5 Å². The molecule has 0 aromatic carbocycles. The van der Waals surface area contributed by atoms with E-state index < -0.39 is 8.03 Å². The summed E-state index contributed by atoms with van der Waals surface area (Å²) in [5, 5.41) is 0. The largest absolute Gasteiger partial charge is 0.588 e. The highest BCUT2D eigenvalue weighted by atomic mass is 31.1. The number of hydrogen-bond acceptors (Lipinski definition) is 6. The average Bonchev–Trinajstić information content (AvgIpc) is 2.16. The van der Waals surface area contributed by atoms with Gasteiger partial charge in [0, 0.05) is 30.4 Å². The quantitative estimate of drug-likeness (QED) is 0.627. The van der Waals surface area contributed by atoms with E-state index in [2.05, 4.69) is 9.97 Å². The van der Waals surface area contributed by atoms with Gasteiger partial charge in [0.05, 0.1) is 0 Å². The predicted octanol–water partition coefficient (Wildman–Crippen LogP) is -1.19. The fraction of sp³-hybridized carbons (Fsp3) is 0.556. The Labute approximate surface area is 95.0 Å². The molecule has 7 heteroatoms. The normalized spacial score (nSPS) is 15.6. The molecule has 0 amide bonds. The van der Waals surface area contributed by atoms with Crippen LogP contribution in [-0.4, -0.2) is 22.1 Å². The summed E-state index contributed by atoms with van der Waals surface area (Å²) in [5.41, 5.74) is 11.9. The molecule has 3 atom stereocenters. The smallest absolute Gasteiger partial charge is 0.391 e. The zero-order chi connectivity index (χ0) is 12.1. The van der Waals surface area contributed by atoms with Crippen molar-refractivity contribution in [3.63, 3.8) is 0 Å². The standard InChI is InChI=1S/C9H15N4O2P/c1-6(10)4-7(11)5-8-2-3-12-9(13-8)16(14)15/h2-3,6-7H,4-5,10-11H2,1H3. The van der Waals surface area contributed by atoms with Crippen LogP contribution in [0.25, 0.3) is 0 Å². The lowest BCUT2D eigenvalue weighted by Crippen LogP contribution is -2.31. The average molecular weight is 242 g/mol. The monoisotopic (exact) mass is 242 g/mol. The molecule has 0 aliphatic rings. The van der Waals surface area contributed by atoms with Gasteiger partial charge in [0.15, 0.2) is 0 Å². The summed E-state index contributed by atoms with van der Waals surface area (Å²) in [6.07, 6.45) is 2.59. The molecule has 0 saturated carbocycles. The summed E-state index contributed by atoms with van der Waals surface area (Å²) < 4.78 is 10.7. The van der Waals surface area contributed by atoms with Crippen LogP contribution >= 0.6 is 8.03 Å². The van der Waals surface area contributed by atoms with E-state index in [0.717, 1.165) is 0 Å². The van der Waals surface area contributed by atoms with Crippen molar-refractivity contribution in [2.75, 3.05) is 0 Å². The van der Waals surface area contributed by atoms with E-state index in [1.165, 1.54) is 6.20 Å². The zero-order valence-electron chi connectivity index (χ0n) is 9.04. The molecular formula is C9H15N4O2P. The highest BCUT2D eigenvalue weighted by Crippen LogP contribution is 2.05. The number of rotatable bonds is 5. The molecule has 16 heavy (non-hydrogen) atoms. The summed E-state index contributed by atoms with van der Waals surface area (Å²) in [4.78, 5) is 18.2. The second-order valence-electron chi connectivity index (χ2n) is 3.78. The molecule has 4 N–H and O–H groups in total. The van der Waals surface area contributed by atoms with Gasteiger partial charge in [-0.1, -0.05) is 4.57 Å². The lowest BCUT2D eigenvalue weighted by Gasteiger charge is -2.12. The molecule has 3 unspecified atom stereocenters. The summed E-state index contributed by atoms with van der Waals surface area (Å²) in [6, 6.07) is 1.56. The molecule has 1 rings (SSSR count). The summed E-state index contributed by atoms with van der Waals surface area (Å²) in [7, 11) is -2.74. The number of aromatic nitrogens is 2. The van der Waals surface area contributed by atoms with Gasteiger partial charge >= 0.3 is 13.6 Å². The summed E-state index contributed by atoms with van der Waals surface area (Å²) >= 11 is 0. The Morgan fingerprint density at radius 2 is 2.25 bits per heavy atom. The van der Waals surface area contributed by atoms with Crippen molar-refractivity contribution >= 4 is 13.6 Å². The van der Waals surface area contributed by atoms with Gasteiger partial charge < -0.3 is 16.4 Å². The minimum Gasteiger partial charge on any atom is -0.588 e. The second kappa shape index (κ2) is 5.96. The Morgan fingerprint density at radius 1 is 1.56 bits per heavy atom. The predicted molar refractivity (Wildman–Crippen MR) is 59.2 cm³/mol. The topological polar surface area (TPSA) is 118 Å². The highest BCUT2D eigenvalue weighted by molar-refractivity contribution is 7.45. The first kappa shape index (κ1) is 13.1. The van der Waals surface area contributed by atoms with Crippen LogP contribution < -0.4 is 21.9 Å². The van der Waals surface area contributed by atoms with Crippen molar-refractivity contribution in [3.05, 3.63) is 18.0 Å². The fourth-order valence-electron chi connectivity index (χ4n) is 1.42.